The van der Waals surface area contributed by atoms with E-state index >= 15 is 0 Å². The molecule has 0 fully saturated rings. The lowest BCUT2D eigenvalue weighted by Gasteiger charge is -2.11. The lowest BCUT2D eigenvalue weighted by Crippen LogP contribution is -2.40. The Bertz CT molecular complexity index is 464. The number of aliphatic carboxylic acids is 1. The molecule has 0 heterocycles. The van der Waals surface area contributed by atoms with Gasteiger partial charge in [-0.1, -0.05) is 0 Å². The van der Waals surface area contributed by atoms with Crippen LogP contribution < -0.4 is 15.4 Å². The van der Waals surface area contributed by atoms with Gasteiger partial charge in [-0.2, -0.15) is 0 Å². The fourth-order valence-electron chi connectivity index (χ4n) is 1.16. The molecule has 0 radical (unpaired) electrons. The second kappa shape index (κ2) is 6.25. The van der Waals surface area contributed by atoms with Crippen molar-refractivity contribution in [3.05, 3.63) is 22.7 Å². The highest BCUT2D eigenvalue weighted by molar-refractivity contribution is 9.10. The third-order valence-electron chi connectivity index (χ3n) is 2.13. The number of carboxylic acids is 1. The molecule has 6 nitrogen and oxygen atoms in total. The van der Waals surface area contributed by atoms with Crippen molar-refractivity contribution in [3.63, 3.8) is 0 Å². The van der Waals surface area contributed by atoms with Crippen LogP contribution in [0, 0.1) is 0 Å². The Labute approximate surface area is 112 Å². The molecule has 1 atom stereocenters. The SMILES string of the molecule is COc1cc(NC(=O)N[C@@H](C)C(=O)O)ccc1Br. The van der Waals surface area contributed by atoms with Gasteiger partial charge >= 0.3 is 12.0 Å². The van der Waals surface area contributed by atoms with Gasteiger partial charge in [0.25, 0.3) is 0 Å². The molecule has 1 rings (SSSR count). The number of benzene rings is 1. The molecule has 0 aliphatic carbocycles. The van der Waals surface area contributed by atoms with E-state index < -0.39 is 18.0 Å². The van der Waals surface area contributed by atoms with Gasteiger partial charge < -0.3 is 20.5 Å². The van der Waals surface area contributed by atoms with E-state index in [1.807, 2.05) is 0 Å². The van der Waals surface area contributed by atoms with E-state index in [1.165, 1.54) is 14.0 Å². The second-order valence-electron chi connectivity index (χ2n) is 3.51. The van der Waals surface area contributed by atoms with Gasteiger partial charge in [0, 0.05) is 11.8 Å². The van der Waals surface area contributed by atoms with Crippen LogP contribution in [0.2, 0.25) is 0 Å². The molecule has 18 heavy (non-hydrogen) atoms. The van der Waals surface area contributed by atoms with Crippen molar-refractivity contribution in [1.82, 2.24) is 5.32 Å². The summed E-state index contributed by atoms with van der Waals surface area (Å²) in [5.41, 5.74) is 0.505. The number of carbonyl (C=O) groups excluding carboxylic acids is 1. The lowest BCUT2D eigenvalue weighted by molar-refractivity contribution is -0.138. The predicted octanol–water partition coefficient (Wildman–Crippen LogP) is 2.05. The molecule has 0 spiro atoms. The highest BCUT2D eigenvalue weighted by Gasteiger charge is 2.14. The first-order chi connectivity index (χ1) is 8.43. The van der Waals surface area contributed by atoms with Crippen molar-refractivity contribution in [2.45, 2.75) is 13.0 Å². The van der Waals surface area contributed by atoms with E-state index in [0.29, 0.717) is 11.4 Å². The molecule has 0 aliphatic heterocycles. The molecule has 0 aliphatic rings. The van der Waals surface area contributed by atoms with E-state index in [2.05, 4.69) is 26.6 Å². The summed E-state index contributed by atoms with van der Waals surface area (Å²) in [7, 11) is 1.51. The number of rotatable bonds is 4. The van der Waals surface area contributed by atoms with Gasteiger partial charge in [-0.25, -0.2) is 4.79 Å². The number of hydrogen-bond acceptors (Lipinski definition) is 3. The summed E-state index contributed by atoms with van der Waals surface area (Å²) in [6, 6.07) is 3.46. The third-order valence-corrected chi connectivity index (χ3v) is 2.78. The largest absolute Gasteiger partial charge is 0.495 e. The minimum Gasteiger partial charge on any atom is -0.495 e. The van der Waals surface area contributed by atoms with Crippen LogP contribution in [0.4, 0.5) is 10.5 Å². The first kappa shape index (κ1) is 14.3. The molecule has 3 N–H and O–H groups in total. The molecule has 1 aromatic carbocycles. The van der Waals surface area contributed by atoms with Crippen molar-refractivity contribution >= 4 is 33.6 Å². The zero-order valence-electron chi connectivity index (χ0n) is 9.86. The van der Waals surface area contributed by atoms with Crippen LogP contribution in [0.1, 0.15) is 6.92 Å². The zero-order chi connectivity index (χ0) is 13.7. The number of carboxylic acid groups (broad SMARTS) is 1. The van der Waals surface area contributed by atoms with Crippen LogP contribution in [0.25, 0.3) is 0 Å². The Morgan fingerprint density at radius 3 is 2.67 bits per heavy atom. The third kappa shape index (κ3) is 3.92. The topological polar surface area (TPSA) is 87.7 Å². The van der Waals surface area contributed by atoms with Gasteiger partial charge in [0.05, 0.1) is 11.6 Å². The highest BCUT2D eigenvalue weighted by Crippen LogP contribution is 2.27. The molecular formula is C11H13BrN2O4. The van der Waals surface area contributed by atoms with Crippen LogP contribution in [0.5, 0.6) is 5.75 Å². The van der Waals surface area contributed by atoms with Crippen LogP contribution >= 0.6 is 15.9 Å². The van der Waals surface area contributed by atoms with Gasteiger partial charge in [-0.05, 0) is 35.0 Å². The van der Waals surface area contributed by atoms with Crippen LogP contribution in [-0.4, -0.2) is 30.3 Å². The molecule has 7 heteroatoms. The summed E-state index contributed by atoms with van der Waals surface area (Å²) >= 11 is 3.29. The van der Waals surface area contributed by atoms with Gasteiger partial charge in [-0.15, -0.1) is 0 Å². The fraction of sp³-hybridized carbons (Fsp3) is 0.273. The molecule has 0 aromatic heterocycles. The predicted molar refractivity (Wildman–Crippen MR) is 69.9 cm³/mol. The average molecular weight is 317 g/mol. The standard InChI is InChI=1S/C11H13BrN2O4/c1-6(10(15)16)13-11(17)14-7-3-4-8(12)9(5-7)18-2/h3-6H,1-2H3,(H,15,16)(H2,13,14,17)/t6-/m0/s1. The normalized spacial score (nSPS) is 11.5. The first-order valence-corrected chi connectivity index (χ1v) is 5.87. The Kier molecular flexibility index (Phi) is 4.96. The number of methoxy groups -OCH3 is 1. The first-order valence-electron chi connectivity index (χ1n) is 5.08. The van der Waals surface area contributed by atoms with E-state index in [9.17, 15) is 9.59 Å². The van der Waals surface area contributed by atoms with Crippen molar-refractivity contribution in [2.75, 3.05) is 12.4 Å². The van der Waals surface area contributed by atoms with Crippen LogP contribution in [0.3, 0.4) is 0 Å². The maximum atomic E-state index is 11.5. The Balaban J connectivity index is 2.67. The Morgan fingerprint density at radius 2 is 2.11 bits per heavy atom. The Hall–Kier alpha value is -1.76. The number of ether oxygens (including phenoxy) is 1. The van der Waals surface area contributed by atoms with Crippen molar-refractivity contribution in [2.24, 2.45) is 0 Å². The molecule has 1 aromatic rings. The van der Waals surface area contributed by atoms with Crippen molar-refractivity contribution in [3.8, 4) is 5.75 Å². The average Bonchev–Trinajstić information content (AvgIpc) is 2.31. The zero-order valence-corrected chi connectivity index (χ0v) is 11.4. The second-order valence-corrected chi connectivity index (χ2v) is 4.36. The number of hydrogen-bond donors (Lipinski definition) is 3. The molecule has 0 bridgehead atoms. The minimum absolute atomic E-state index is 0.505. The number of urea groups is 1. The molecular weight excluding hydrogens is 304 g/mol. The molecule has 2 amide bonds. The molecule has 0 unspecified atom stereocenters. The molecule has 0 saturated carbocycles. The number of nitrogens with one attached hydrogen (secondary N) is 2. The monoisotopic (exact) mass is 316 g/mol. The highest BCUT2D eigenvalue weighted by atomic mass is 79.9. The van der Waals surface area contributed by atoms with Crippen LogP contribution in [0.15, 0.2) is 22.7 Å². The summed E-state index contributed by atoms with van der Waals surface area (Å²) in [5, 5.41) is 13.4. The summed E-state index contributed by atoms with van der Waals surface area (Å²) in [6.45, 7) is 1.38. The van der Waals surface area contributed by atoms with E-state index in [-0.39, 0.29) is 0 Å². The van der Waals surface area contributed by atoms with Gasteiger partial charge in [0.1, 0.15) is 11.8 Å². The quantitative estimate of drug-likeness (QED) is 0.793. The molecule has 0 saturated heterocycles. The summed E-state index contributed by atoms with van der Waals surface area (Å²) in [6.07, 6.45) is 0. The summed E-state index contributed by atoms with van der Waals surface area (Å²) < 4.78 is 5.83. The lowest BCUT2D eigenvalue weighted by atomic mass is 10.3. The van der Waals surface area contributed by atoms with E-state index in [0.717, 1.165) is 4.47 Å². The fourth-order valence-corrected chi connectivity index (χ4v) is 1.57. The number of amides is 2. The van der Waals surface area contributed by atoms with E-state index in [4.69, 9.17) is 9.84 Å². The summed E-state index contributed by atoms with van der Waals surface area (Å²) in [4.78, 5) is 22.0. The van der Waals surface area contributed by atoms with Crippen LogP contribution in [-0.2, 0) is 4.79 Å². The van der Waals surface area contributed by atoms with Crippen molar-refractivity contribution < 1.29 is 19.4 Å². The minimum atomic E-state index is -1.10. The smallest absolute Gasteiger partial charge is 0.325 e. The number of halogens is 1. The Morgan fingerprint density at radius 1 is 1.44 bits per heavy atom. The molecule has 98 valence electrons. The maximum Gasteiger partial charge on any atom is 0.325 e. The van der Waals surface area contributed by atoms with Gasteiger partial charge in [0.2, 0.25) is 0 Å². The van der Waals surface area contributed by atoms with Gasteiger partial charge in [-0.3, -0.25) is 4.79 Å². The number of anilines is 1. The number of carbonyl (C=O) groups is 2. The maximum absolute atomic E-state index is 11.5. The van der Waals surface area contributed by atoms with Crippen molar-refractivity contribution in [1.29, 1.82) is 0 Å². The van der Waals surface area contributed by atoms with E-state index in [1.54, 1.807) is 18.2 Å². The van der Waals surface area contributed by atoms with Gasteiger partial charge in [0.15, 0.2) is 0 Å². The summed E-state index contributed by atoms with van der Waals surface area (Å²) in [5.74, 6) is -0.530.